The van der Waals surface area contributed by atoms with Crippen molar-refractivity contribution in [3.63, 3.8) is 0 Å². The van der Waals surface area contributed by atoms with Gasteiger partial charge in [0.1, 0.15) is 0 Å². The van der Waals surface area contributed by atoms with Gasteiger partial charge in [0.15, 0.2) is 11.6 Å². The maximum absolute atomic E-state index is 11.1. The summed E-state index contributed by atoms with van der Waals surface area (Å²) >= 11 is 2.98. The predicted molar refractivity (Wildman–Crippen MR) is 74.8 cm³/mol. The van der Waals surface area contributed by atoms with Gasteiger partial charge in [-0.15, -0.1) is 0 Å². The molecule has 0 aliphatic rings. The maximum Gasteiger partial charge on any atom is 0.338 e. The predicted octanol–water partition coefficient (Wildman–Crippen LogP) is 0.275. The molecule has 0 radical (unpaired) electrons. The standard InChI is InChI=1S/C9H9BrN6O4/c10-3-1-4(7(17)18)6(5(2-3)16(19)20)14-9(13)15-8(11)12/h1-2H,(H,17,18)(H6,11,12,13,14,15). The molecule has 0 saturated heterocycles. The fraction of sp³-hybridized carbons (Fsp3) is 0. The summed E-state index contributed by atoms with van der Waals surface area (Å²) in [7, 11) is 0. The number of carboxylic acid groups (broad SMARTS) is 1. The first-order chi connectivity index (χ1) is 9.22. The highest BCUT2D eigenvalue weighted by molar-refractivity contribution is 9.10. The Labute approximate surface area is 120 Å². The fourth-order valence-electron chi connectivity index (χ4n) is 1.28. The van der Waals surface area contributed by atoms with Crippen molar-refractivity contribution in [1.29, 1.82) is 0 Å². The number of benzene rings is 1. The molecule has 0 bridgehead atoms. The Kier molecular flexibility index (Phi) is 4.59. The van der Waals surface area contributed by atoms with Crippen LogP contribution in [-0.2, 0) is 0 Å². The van der Waals surface area contributed by atoms with Gasteiger partial charge >= 0.3 is 5.97 Å². The molecule has 106 valence electrons. The summed E-state index contributed by atoms with van der Waals surface area (Å²) in [5, 5.41) is 20.0. The number of halogens is 1. The summed E-state index contributed by atoms with van der Waals surface area (Å²) in [4.78, 5) is 28.2. The molecule has 20 heavy (non-hydrogen) atoms. The third kappa shape index (κ3) is 3.65. The first-order valence-electron chi connectivity index (χ1n) is 4.87. The summed E-state index contributed by atoms with van der Waals surface area (Å²) < 4.78 is 0.209. The second-order valence-corrected chi connectivity index (χ2v) is 4.31. The number of carbonyl (C=O) groups is 1. The minimum atomic E-state index is -1.41. The summed E-state index contributed by atoms with van der Waals surface area (Å²) in [5.74, 6) is -2.33. The Morgan fingerprint density at radius 2 is 1.95 bits per heavy atom. The molecule has 0 aliphatic heterocycles. The number of nitro benzene ring substituents is 1. The highest BCUT2D eigenvalue weighted by Gasteiger charge is 2.23. The lowest BCUT2D eigenvalue weighted by atomic mass is 10.1. The third-order valence-electron chi connectivity index (χ3n) is 1.95. The van der Waals surface area contributed by atoms with Crippen LogP contribution in [0.3, 0.4) is 0 Å². The molecule has 11 heteroatoms. The van der Waals surface area contributed by atoms with Crippen molar-refractivity contribution >= 4 is 45.2 Å². The Balaban J connectivity index is 3.61. The molecular weight excluding hydrogens is 336 g/mol. The molecule has 0 aliphatic carbocycles. The Bertz CT molecular complexity index is 602. The number of aliphatic imine (C=N–C) groups is 2. The smallest absolute Gasteiger partial charge is 0.338 e. The van der Waals surface area contributed by atoms with E-state index in [1.807, 2.05) is 0 Å². The Morgan fingerprint density at radius 1 is 1.35 bits per heavy atom. The van der Waals surface area contributed by atoms with Crippen LogP contribution >= 0.6 is 15.9 Å². The molecule has 7 N–H and O–H groups in total. The van der Waals surface area contributed by atoms with E-state index in [4.69, 9.17) is 22.3 Å². The van der Waals surface area contributed by atoms with E-state index >= 15 is 0 Å². The summed E-state index contributed by atoms with van der Waals surface area (Å²) in [6.45, 7) is 0. The van der Waals surface area contributed by atoms with Crippen LogP contribution in [0.2, 0.25) is 0 Å². The van der Waals surface area contributed by atoms with Crippen LogP contribution in [-0.4, -0.2) is 27.9 Å². The topological polar surface area (TPSA) is 183 Å². The largest absolute Gasteiger partial charge is 0.478 e. The molecule has 0 heterocycles. The molecule has 1 rings (SSSR count). The molecule has 0 aromatic heterocycles. The van der Waals surface area contributed by atoms with Crippen molar-refractivity contribution in [1.82, 2.24) is 0 Å². The quantitative estimate of drug-likeness (QED) is 0.262. The molecule has 1 aromatic carbocycles. The zero-order chi connectivity index (χ0) is 15.4. The van der Waals surface area contributed by atoms with E-state index in [0.29, 0.717) is 0 Å². The fourth-order valence-corrected chi connectivity index (χ4v) is 1.72. The van der Waals surface area contributed by atoms with Crippen molar-refractivity contribution in [3.05, 3.63) is 32.3 Å². The van der Waals surface area contributed by atoms with Gasteiger partial charge in [0.25, 0.3) is 5.69 Å². The minimum absolute atomic E-state index is 0.209. The van der Waals surface area contributed by atoms with Crippen molar-refractivity contribution in [2.24, 2.45) is 27.2 Å². The number of aromatic carboxylic acids is 1. The van der Waals surface area contributed by atoms with Gasteiger partial charge in [-0.2, -0.15) is 4.99 Å². The lowest BCUT2D eigenvalue weighted by molar-refractivity contribution is -0.384. The van der Waals surface area contributed by atoms with E-state index in [9.17, 15) is 14.9 Å². The van der Waals surface area contributed by atoms with E-state index in [1.54, 1.807) is 0 Å². The van der Waals surface area contributed by atoms with E-state index in [2.05, 4.69) is 25.9 Å². The lowest BCUT2D eigenvalue weighted by Crippen LogP contribution is -2.26. The number of guanidine groups is 2. The highest BCUT2D eigenvalue weighted by Crippen LogP contribution is 2.34. The van der Waals surface area contributed by atoms with Gasteiger partial charge in [-0.05, 0) is 6.07 Å². The average molecular weight is 345 g/mol. The molecule has 0 amide bonds. The molecular formula is C9H9BrN6O4. The number of nitrogens with two attached hydrogens (primary N) is 3. The SMILES string of the molecule is NC(N)=NC(N)=Nc1c(C(=O)O)cc(Br)cc1[N+](=O)[O-]. The van der Waals surface area contributed by atoms with Crippen molar-refractivity contribution in [2.45, 2.75) is 0 Å². The van der Waals surface area contributed by atoms with Gasteiger partial charge in [-0.1, -0.05) is 15.9 Å². The summed E-state index contributed by atoms with van der Waals surface area (Å²) in [5.41, 5.74) is 14.1. The second kappa shape index (κ2) is 5.97. The Hall–Kier alpha value is -2.69. The minimum Gasteiger partial charge on any atom is -0.478 e. The lowest BCUT2D eigenvalue weighted by Gasteiger charge is -2.04. The first kappa shape index (κ1) is 15.4. The molecule has 0 atom stereocenters. The Morgan fingerprint density at radius 3 is 2.40 bits per heavy atom. The normalized spacial score (nSPS) is 10.9. The van der Waals surface area contributed by atoms with Crippen molar-refractivity contribution < 1.29 is 14.8 Å². The highest BCUT2D eigenvalue weighted by atomic mass is 79.9. The second-order valence-electron chi connectivity index (χ2n) is 3.39. The van der Waals surface area contributed by atoms with Crippen LogP contribution in [0.5, 0.6) is 0 Å². The number of nitrogens with zero attached hydrogens (tertiary/aromatic N) is 3. The molecule has 0 spiro atoms. The number of hydrogen-bond donors (Lipinski definition) is 4. The van der Waals surface area contributed by atoms with Crippen LogP contribution < -0.4 is 17.2 Å². The molecule has 0 saturated carbocycles. The maximum atomic E-state index is 11.1. The number of nitro groups is 1. The van der Waals surface area contributed by atoms with Crippen molar-refractivity contribution in [2.75, 3.05) is 0 Å². The van der Waals surface area contributed by atoms with Gasteiger partial charge in [0.2, 0.25) is 5.96 Å². The van der Waals surface area contributed by atoms with Crippen LogP contribution in [0.4, 0.5) is 11.4 Å². The summed E-state index contributed by atoms with van der Waals surface area (Å²) in [6, 6.07) is 2.24. The van der Waals surface area contributed by atoms with Gasteiger partial charge < -0.3 is 22.3 Å². The molecule has 0 fully saturated rings. The number of hydrogen-bond acceptors (Lipinski definition) is 4. The molecule has 1 aromatic rings. The van der Waals surface area contributed by atoms with Gasteiger partial charge in [-0.3, -0.25) is 10.1 Å². The van der Waals surface area contributed by atoms with Crippen LogP contribution in [0.15, 0.2) is 26.6 Å². The van der Waals surface area contributed by atoms with Gasteiger partial charge in [0.05, 0.1) is 10.5 Å². The van der Waals surface area contributed by atoms with Crippen LogP contribution in [0.1, 0.15) is 10.4 Å². The zero-order valence-electron chi connectivity index (χ0n) is 9.78. The van der Waals surface area contributed by atoms with E-state index in [1.165, 1.54) is 0 Å². The summed E-state index contributed by atoms with van der Waals surface area (Å²) in [6.07, 6.45) is 0. The number of rotatable bonds is 3. The monoisotopic (exact) mass is 344 g/mol. The molecule has 10 nitrogen and oxygen atoms in total. The van der Waals surface area contributed by atoms with Crippen molar-refractivity contribution in [3.8, 4) is 0 Å². The third-order valence-corrected chi connectivity index (χ3v) is 2.41. The van der Waals surface area contributed by atoms with Crippen LogP contribution in [0, 0.1) is 10.1 Å². The van der Waals surface area contributed by atoms with Gasteiger partial charge in [0, 0.05) is 10.5 Å². The van der Waals surface area contributed by atoms with E-state index in [0.717, 1.165) is 12.1 Å². The zero-order valence-corrected chi connectivity index (χ0v) is 11.4. The average Bonchev–Trinajstić information content (AvgIpc) is 2.29. The van der Waals surface area contributed by atoms with E-state index in [-0.39, 0.29) is 4.47 Å². The first-order valence-corrected chi connectivity index (χ1v) is 5.66. The van der Waals surface area contributed by atoms with Crippen LogP contribution in [0.25, 0.3) is 0 Å². The van der Waals surface area contributed by atoms with Gasteiger partial charge in [-0.25, -0.2) is 9.79 Å². The van der Waals surface area contributed by atoms with E-state index < -0.39 is 39.7 Å². The number of carboxylic acids is 1. The molecule has 0 unspecified atom stereocenters.